The van der Waals surface area contributed by atoms with Crippen molar-refractivity contribution in [2.45, 2.75) is 41.6 Å². The molecule has 3 aromatic carbocycles. The van der Waals surface area contributed by atoms with Crippen molar-refractivity contribution in [3.05, 3.63) is 89.5 Å². The predicted octanol–water partition coefficient (Wildman–Crippen LogP) is 3.07. The molecule has 36 heavy (non-hydrogen) atoms. The zero-order valence-electron chi connectivity index (χ0n) is 19.9. The molecule has 0 saturated carbocycles. The molecule has 0 spiro atoms. The van der Waals surface area contributed by atoms with Crippen LogP contribution in [-0.2, 0) is 38.6 Å². The van der Waals surface area contributed by atoms with Crippen LogP contribution in [0.4, 0.5) is 0 Å². The monoisotopic (exact) mass is 553 g/mol. The minimum atomic E-state index is -4.36. The zero-order valence-corrected chi connectivity index (χ0v) is 22.4. The zero-order chi connectivity index (χ0) is 26.6. The summed E-state index contributed by atoms with van der Waals surface area (Å²) in [5.74, 6) is 0. The number of hydrogen-bond donors (Lipinski definition) is 1. The molecule has 0 aliphatic carbocycles. The number of rotatable bonds is 11. The van der Waals surface area contributed by atoms with Crippen molar-refractivity contribution in [3.63, 3.8) is 0 Å². The second-order valence-electron chi connectivity index (χ2n) is 8.20. The topological polar surface area (TPSA) is 133 Å². The average Bonchev–Trinajstić information content (AvgIpc) is 2.82. The van der Waals surface area contributed by atoms with Gasteiger partial charge in [-0.15, -0.1) is 0 Å². The van der Waals surface area contributed by atoms with Crippen molar-refractivity contribution < 1.29 is 33.6 Å². The smallest absolute Gasteiger partial charge is 0.264 e. The largest absolute Gasteiger partial charge is 0.297 e. The second kappa shape index (κ2) is 11.2. The molecular formula is C24H27NO8S3. The Morgan fingerprint density at radius 2 is 1.00 bits per heavy atom. The number of aryl methyl sites for hydroxylation is 3. The van der Waals surface area contributed by atoms with Crippen LogP contribution in [0.25, 0.3) is 0 Å². The fourth-order valence-corrected chi connectivity index (χ4v) is 6.07. The van der Waals surface area contributed by atoms with Crippen molar-refractivity contribution in [3.8, 4) is 0 Å². The Hall–Kier alpha value is -2.61. The average molecular weight is 554 g/mol. The molecule has 1 N–H and O–H groups in total. The molecule has 0 bridgehead atoms. The maximum absolute atomic E-state index is 12.8. The summed E-state index contributed by atoms with van der Waals surface area (Å²) in [5, 5.41) is 0. The van der Waals surface area contributed by atoms with Gasteiger partial charge in [0, 0.05) is 6.54 Å². The number of hydrogen-bond acceptors (Lipinski definition) is 8. The molecule has 0 fully saturated rings. The molecule has 0 aliphatic rings. The van der Waals surface area contributed by atoms with Gasteiger partial charge < -0.3 is 0 Å². The maximum atomic E-state index is 12.8. The van der Waals surface area contributed by atoms with E-state index in [9.17, 15) is 25.3 Å². The van der Waals surface area contributed by atoms with Crippen molar-refractivity contribution in [2.24, 2.45) is 0 Å². The molecule has 12 heteroatoms. The SMILES string of the molecule is Cc1ccc(S(=O)(=O)NC[C@H](COS(=O)(=O)c2ccc(C)cc2)OS(=O)(=O)c2ccc(C)cc2)cc1. The lowest BCUT2D eigenvalue weighted by atomic mass is 10.2. The Kier molecular flexibility index (Phi) is 8.70. The van der Waals surface area contributed by atoms with Gasteiger partial charge in [-0.25, -0.2) is 13.1 Å². The molecule has 9 nitrogen and oxygen atoms in total. The first-order valence-corrected chi connectivity index (χ1v) is 15.1. The van der Waals surface area contributed by atoms with E-state index in [0.29, 0.717) is 0 Å². The molecule has 194 valence electrons. The highest BCUT2D eigenvalue weighted by molar-refractivity contribution is 7.89. The van der Waals surface area contributed by atoms with Crippen LogP contribution in [0.15, 0.2) is 87.5 Å². The molecule has 0 aromatic heterocycles. The highest BCUT2D eigenvalue weighted by Crippen LogP contribution is 2.18. The summed E-state index contributed by atoms with van der Waals surface area (Å²) < 4.78 is 88.8. The third kappa shape index (κ3) is 7.45. The Morgan fingerprint density at radius 1 is 0.611 bits per heavy atom. The molecule has 0 heterocycles. The first-order chi connectivity index (χ1) is 16.8. The van der Waals surface area contributed by atoms with Gasteiger partial charge in [-0.05, 0) is 57.2 Å². The quantitative estimate of drug-likeness (QED) is 0.358. The molecule has 0 amide bonds. The second-order valence-corrected chi connectivity index (χ2v) is 13.2. The minimum Gasteiger partial charge on any atom is -0.264 e. The van der Waals surface area contributed by atoms with Gasteiger partial charge in [0.1, 0.15) is 6.10 Å². The molecule has 0 radical (unpaired) electrons. The van der Waals surface area contributed by atoms with Crippen LogP contribution in [-0.4, -0.2) is 44.5 Å². The summed E-state index contributed by atoms with van der Waals surface area (Å²) >= 11 is 0. The van der Waals surface area contributed by atoms with Crippen molar-refractivity contribution in [1.29, 1.82) is 0 Å². The summed E-state index contributed by atoms with van der Waals surface area (Å²) in [7, 11) is -12.7. The van der Waals surface area contributed by atoms with Crippen molar-refractivity contribution in [2.75, 3.05) is 13.2 Å². The molecular weight excluding hydrogens is 526 g/mol. The first-order valence-electron chi connectivity index (χ1n) is 10.8. The molecule has 1 atom stereocenters. The van der Waals surface area contributed by atoms with Crippen LogP contribution in [0, 0.1) is 20.8 Å². The van der Waals surface area contributed by atoms with E-state index in [1.165, 1.54) is 36.4 Å². The van der Waals surface area contributed by atoms with Gasteiger partial charge in [0.2, 0.25) is 10.0 Å². The first kappa shape index (κ1) is 28.0. The van der Waals surface area contributed by atoms with Gasteiger partial charge in [0.05, 0.1) is 21.3 Å². The van der Waals surface area contributed by atoms with Gasteiger partial charge in [-0.3, -0.25) is 8.37 Å². The summed E-state index contributed by atoms with van der Waals surface area (Å²) in [6, 6.07) is 17.7. The molecule has 3 rings (SSSR count). The third-order valence-electron chi connectivity index (χ3n) is 5.12. The lowest BCUT2D eigenvalue weighted by Gasteiger charge is -2.18. The van der Waals surface area contributed by atoms with E-state index in [1.54, 1.807) is 57.2 Å². The van der Waals surface area contributed by atoms with E-state index in [4.69, 9.17) is 8.37 Å². The number of sulfonamides is 1. The van der Waals surface area contributed by atoms with Crippen LogP contribution in [0.3, 0.4) is 0 Å². The van der Waals surface area contributed by atoms with E-state index < -0.39 is 49.5 Å². The van der Waals surface area contributed by atoms with Crippen LogP contribution in [0.1, 0.15) is 16.7 Å². The summed E-state index contributed by atoms with van der Waals surface area (Å²) in [6.07, 6.45) is -1.49. The van der Waals surface area contributed by atoms with Gasteiger partial charge in [0.25, 0.3) is 20.2 Å². The van der Waals surface area contributed by atoms with Crippen molar-refractivity contribution in [1.82, 2.24) is 4.72 Å². The van der Waals surface area contributed by atoms with Crippen molar-refractivity contribution >= 4 is 30.3 Å². The molecule has 3 aromatic rings. The highest BCUT2D eigenvalue weighted by Gasteiger charge is 2.27. The van der Waals surface area contributed by atoms with E-state index >= 15 is 0 Å². The summed E-state index contributed by atoms with van der Waals surface area (Å²) in [6.45, 7) is 4.05. The van der Waals surface area contributed by atoms with Crippen LogP contribution in [0.5, 0.6) is 0 Å². The lowest BCUT2D eigenvalue weighted by molar-refractivity contribution is 0.140. The van der Waals surface area contributed by atoms with Gasteiger partial charge in [0.15, 0.2) is 0 Å². The van der Waals surface area contributed by atoms with E-state index in [0.717, 1.165) is 16.7 Å². The van der Waals surface area contributed by atoms with Crippen LogP contribution in [0.2, 0.25) is 0 Å². The molecule has 0 saturated heterocycles. The normalized spacial score (nSPS) is 13.4. The lowest BCUT2D eigenvalue weighted by Crippen LogP contribution is -2.38. The highest BCUT2D eigenvalue weighted by atomic mass is 32.2. The Labute approximate surface area is 212 Å². The predicted molar refractivity (Wildman–Crippen MR) is 134 cm³/mol. The fourth-order valence-electron chi connectivity index (χ4n) is 3.00. The van der Waals surface area contributed by atoms with E-state index in [2.05, 4.69) is 4.72 Å². The summed E-state index contributed by atoms with van der Waals surface area (Å²) in [4.78, 5) is -0.337. The van der Waals surface area contributed by atoms with Gasteiger partial charge in [-0.2, -0.15) is 16.8 Å². The van der Waals surface area contributed by atoms with E-state index in [-0.39, 0.29) is 14.7 Å². The molecule has 0 aliphatic heterocycles. The Balaban J connectivity index is 1.82. The molecule has 0 unspecified atom stereocenters. The fraction of sp³-hybridized carbons (Fsp3) is 0.250. The third-order valence-corrected chi connectivity index (χ3v) is 9.23. The van der Waals surface area contributed by atoms with Gasteiger partial charge in [-0.1, -0.05) is 53.1 Å². The van der Waals surface area contributed by atoms with Gasteiger partial charge >= 0.3 is 0 Å². The standard InChI is InChI=1S/C24H27NO8S3/c1-18-4-10-22(11-5-18)34(26,27)25-16-21(33-36(30,31)24-14-8-20(3)9-15-24)17-32-35(28,29)23-12-6-19(2)7-13-23/h4-15,21,25H,16-17H2,1-3H3/t21-/m1/s1. The summed E-state index contributed by atoms with van der Waals surface area (Å²) in [5.41, 5.74) is 2.52. The Bertz CT molecular complexity index is 1420. The number of benzene rings is 3. The van der Waals surface area contributed by atoms with Crippen LogP contribution < -0.4 is 4.72 Å². The Morgan fingerprint density at radius 3 is 1.44 bits per heavy atom. The van der Waals surface area contributed by atoms with E-state index in [1.807, 2.05) is 0 Å². The maximum Gasteiger partial charge on any atom is 0.297 e. The minimum absolute atomic E-state index is 0.0403. The number of nitrogens with one attached hydrogen (secondary N) is 1. The van der Waals surface area contributed by atoms with Crippen LogP contribution >= 0.6 is 0 Å².